The molecule has 32 heavy (non-hydrogen) atoms. The number of aromatic carboxylic acids is 1. The molecule has 4 rings (SSSR count). The molecule has 166 valence electrons. The van der Waals surface area contributed by atoms with Crippen molar-refractivity contribution in [2.24, 2.45) is 0 Å². The molecule has 2 aromatic carbocycles. The normalized spacial score (nSPS) is 15.4. The lowest BCUT2D eigenvalue weighted by Crippen LogP contribution is -2.30. The summed E-state index contributed by atoms with van der Waals surface area (Å²) >= 11 is 0. The van der Waals surface area contributed by atoms with Crippen LogP contribution < -0.4 is 10.2 Å². The molecule has 0 radical (unpaired) electrons. The average molecular weight is 430 g/mol. The number of fused-ring (bicyclic) bond motifs is 1. The fourth-order valence-electron chi connectivity index (χ4n) is 4.47. The van der Waals surface area contributed by atoms with Gasteiger partial charge in [0.25, 0.3) is 0 Å². The van der Waals surface area contributed by atoms with Crippen molar-refractivity contribution in [3.8, 4) is 0 Å². The molecule has 0 saturated carbocycles. The molecule has 1 atom stereocenters. The molecule has 5 nitrogen and oxygen atoms in total. The van der Waals surface area contributed by atoms with Gasteiger partial charge in [0.1, 0.15) is 0 Å². The maximum absolute atomic E-state index is 11.5. The molecule has 0 fully saturated rings. The first kappa shape index (κ1) is 22.0. The van der Waals surface area contributed by atoms with Crippen LogP contribution in [0.2, 0.25) is 0 Å². The first-order valence-electron chi connectivity index (χ1n) is 11.3. The molecule has 1 aromatic heterocycles. The van der Waals surface area contributed by atoms with E-state index < -0.39 is 5.97 Å². The van der Waals surface area contributed by atoms with E-state index in [1.807, 2.05) is 0 Å². The Balaban J connectivity index is 1.51. The lowest BCUT2D eigenvalue weighted by molar-refractivity contribution is 0.0695. The molecule has 0 saturated heterocycles. The van der Waals surface area contributed by atoms with E-state index in [0.29, 0.717) is 17.9 Å². The van der Waals surface area contributed by atoms with Gasteiger partial charge in [0.2, 0.25) is 0 Å². The Labute approximate surface area is 190 Å². The molecule has 2 heterocycles. The summed E-state index contributed by atoms with van der Waals surface area (Å²) in [7, 11) is 2.11. The summed E-state index contributed by atoms with van der Waals surface area (Å²) in [4.78, 5) is 17.8. The summed E-state index contributed by atoms with van der Waals surface area (Å²) in [6.45, 7) is 5.35. The number of carbonyl (C=O) groups is 1. The number of nitrogens with zero attached hydrogens (tertiary/aromatic N) is 2. The zero-order valence-electron chi connectivity index (χ0n) is 19.0. The third-order valence-electron chi connectivity index (χ3n) is 6.46. The Morgan fingerprint density at radius 2 is 1.91 bits per heavy atom. The van der Waals surface area contributed by atoms with Crippen molar-refractivity contribution in [2.45, 2.75) is 45.1 Å². The van der Waals surface area contributed by atoms with Crippen LogP contribution in [0.3, 0.4) is 0 Å². The summed E-state index contributed by atoms with van der Waals surface area (Å²) in [5.41, 5.74) is 7.51. The number of aryl methyl sites for hydroxylation is 1. The molecule has 0 bridgehead atoms. The summed E-state index contributed by atoms with van der Waals surface area (Å²) in [5.74, 6) is -0.366. The Bertz CT molecular complexity index is 1090. The second-order valence-corrected chi connectivity index (χ2v) is 8.82. The number of carboxylic acids is 1. The minimum absolute atomic E-state index is 0.213. The smallest absolute Gasteiger partial charge is 0.336 e. The van der Waals surface area contributed by atoms with Crippen LogP contribution in [0.25, 0.3) is 0 Å². The van der Waals surface area contributed by atoms with Gasteiger partial charge in [0.05, 0.1) is 5.56 Å². The minimum Gasteiger partial charge on any atom is -0.478 e. The molecule has 5 heteroatoms. The van der Waals surface area contributed by atoms with Crippen molar-refractivity contribution in [3.63, 3.8) is 0 Å². The van der Waals surface area contributed by atoms with Crippen LogP contribution in [-0.2, 0) is 12.8 Å². The van der Waals surface area contributed by atoms with Gasteiger partial charge in [0.15, 0.2) is 0 Å². The summed E-state index contributed by atoms with van der Waals surface area (Å²) in [6.07, 6.45) is 5.72. The van der Waals surface area contributed by atoms with Crippen LogP contribution in [0, 0.1) is 0 Å². The number of nitrogens with one attached hydrogen (secondary N) is 1. The van der Waals surface area contributed by atoms with E-state index in [-0.39, 0.29) is 6.04 Å². The average Bonchev–Trinajstić information content (AvgIpc) is 2.82. The molecule has 1 aliphatic heterocycles. The predicted octanol–water partition coefficient (Wildman–Crippen LogP) is 5.49. The molecular weight excluding hydrogens is 398 g/mol. The van der Waals surface area contributed by atoms with Crippen LogP contribution in [0.1, 0.15) is 64.8 Å². The van der Waals surface area contributed by atoms with Crippen LogP contribution in [0.5, 0.6) is 0 Å². The van der Waals surface area contributed by atoms with E-state index in [9.17, 15) is 9.90 Å². The summed E-state index contributed by atoms with van der Waals surface area (Å²) in [5, 5.41) is 13.0. The number of hydrogen-bond acceptors (Lipinski definition) is 4. The van der Waals surface area contributed by atoms with Crippen LogP contribution in [0.4, 0.5) is 11.4 Å². The quantitative estimate of drug-likeness (QED) is 0.520. The Kier molecular flexibility index (Phi) is 6.56. The SMILES string of the molecule is CC(C)c1ccc(N(C)c2ccc3c(c2)CCN[C@@H]3CCc2cnccc2C(=O)O)cc1. The van der Waals surface area contributed by atoms with Crippen molar-refractivity contribution >= 4 is 17.3 Å². The maximum atomic E-state index is 11.5. The molecule has 0 aliphatic carbocycles. The number of aromatic nitrogens is 1. The van der Waals surface area contributed by atoms with Crippen LogP contribution in [-0.4, -0.2) is 29.7 Å². The van der Waals surface area contributed by atoms with E-state index in [1.165, 1.54) is 34.3 Å². The van der Waals surface area contributed by atoms with Gasteiger partial charge in [0, 0.05) is 36.9 Å². The van der Waals surface area contributed by atoms with E-state index in [1.54, 1.807) is 12.3 Å². The summed E-state index contributed by atoms with van der Waals surface area (Å²) in [6, 6.07) is 17.3. The number of benzene rings is 2. The molecule has 0 spiro atoms. The molecular formula is C27H31N3O2. The highest BCUT2D eigenvalue weighted by Gasteiger charge is 2.21. The molecule has 0 amide bonds. The number of pyridine rings is 1. The first-order valence-corrected chi connectivity index (χ1v) is 11.3. The van der Waals surface area contributed by atoms with E-state index in [4.69, 9.17) is 0 Å². The second-order valence-electron chi connectivity index (χ2n) is 8.82. The van der Waals surface area contributed by atoms with E-state index in [0.717, 1.165) is 24.9 Å². The van der Waals surface area contributed by atoms with Crippen molar-refractivity contribution in [2.75, 3.05) is 18.5 Å². The maximum Gasteiger partial charge on any atom is 0.336 e. The first-order chi connectivity index (χ1) is 15.4. The van der Waals surface area contributed by atoms with Gasteiger partial charge in [-0.3, -0.25) is 4.98 Å². The number of anilines is 2. The Morgan fingerprint density at radius 1 is 1.16 bits per heavy atom. The lowest BCUT2D eigenvalue weighted by Gasteiger charge is -2.29. The highest BCUT2D eigenvalue weighted by molar-refractivity contribution is 5.89. The molecule has 0 unspecified atom stereocenters. The van der Waals surface area contributed by atoms with E-state index >= 15 is 0 Å². The Hall–Kier alpha value is -3.18. The third kappa shape index (κ3) is 4.68. The van der Waals surface area contributed by atoms with Gasteiger partial charge < -0.3 is 15.3 Å². The highest BCUT2D eigenvalue weighted by Crippen LogP contribution is 2.32. The Morgan fingerprint density at radius 3 is 2.62 bits per heavy atom. The van der Waals surface area contributed by atoms with Gasteiger partial charge in [-0.05, 0) is 84.3 Å². The molecule has 3 aromatic rings. The third-order valence-corrected chi connectivity index (χ3v) is 6.46. The summed E-state index contributed by atoms with van der Waals surface area (Å²) < 4.78 is 0. The molecule has 1 aliphatic rings. The zero-order chi connectivity index (χ0) is 22.7. The van der Waals surface area contributed by atoms with Gasteiger partial charge in [-0.25, -0.2) is 4.79 Å². The standard InChI is InChI=1S/C27H31N3O2/c1-18(2)19-4-7-22(8-5-19)30(3)23-9-10-24-20(16-23)12-15-29-26(24)11-6-21-17-28-14-13-25(21)27(31)32/h4-5,7-10,13-14,16-18,26,29H,6,11-12,15H2,1-3H3,(H,31,32)/t26-/m1/s1. The fraction of sp³-hybridized carbons (Fsp3) is 0.333. The van der Waals surface area contributed by atoms with Crippen LogP contribution in [0.15, 0.2) is 60.9 Å². The largest absolute Gasteiger partial charge is 0.478 e. The molecule has 2 N–H and O–H groups in total. The van der Waals surface area contributed by atoms with Gasteiger partial charge in [-0.1, -0.05) is 32.0 Å². The number of carboxylic acid groups (broad SMARTS) is 1. The van der Waals surface area contributed by atoms with Crippen molar-refractivity contribution in [1.29, 1.82) is 0 Å². The predicted molar refractivity (Wildman–Crippen MR) is 129 cm³/mol. The lowest BCUT2D eigenvalue weighted by atomic mass is 9.89. The number of hydrogen-bond donors (Lipinski definition) is 2. The van der Waals surface area contributed by atoms with Crippen LogP contribution >= 0.6 is 0 Å². The fourth-order valence-corrected chi connectivity index (χ4v) is 4.47. The van der Waals surface area contributed by atoms with Gasteiger partial charge >= 0.3 is 5.97 Å². The second kappa shape index (κ2) is 9.53. The van der Waals surface area contributed by atoms with Gasteiger partial charge in [-0.15, -0.1) is 0 Å². The topological polar surface area (TPSA) is 65.5 Å². The van der Waals surface area contributed by atoms with Crippen molar-refractivity contribution in [1.82, 2.24) is 10.3 Å². The van der Waals surface area contributed by atoms with Crippen molar-refractivity contribution in [3.05, 3.63) is 88.7 Å². The van der Waals surface area contributed by atoms with Crippen molar-refractivity contribution < 1.29 is 9.90 Å². The number of rotatable bonds is 7. The van der Waals surface area contributed by atoms with E-state index in [2.05, 4.69) is 78.6 Å². The zero-order valence-corrected chi connectivity index (χ0v) is 19.0. The monoisotopic (exact) mass is 429 g/mol. The minimum atomic E-state index is -0.895. The van der Waals surface area contributed by atoms with Gasteiger partial charge in [-0.2, -0.15) is 0 Å². The highest BCUT2D eigenvalue weighted by atomic mass is 16.4.